The Morgan fingerprint density at radius 1 is 1.10 bits per heavy atom. The number of pyridine rings is 1. The fourth-order valence-electron chi connectivity index (χ4n) is 3.25. The normalized spacial score (nSPS) is 14.8. The Morgan fingerprint density at radius 3 is 2.38 bits per heavy atom. The number of amides is 1. The van der Waals surface area contributed by atoms with E-state index in [0.29, 0.717) is 51.4 Å². The number of aromatic nitrogens is 1. The summed E-state index contributed by atoms with van der Waals surface area (Å²) in [5.74, 6) is -0.207. The third kappa shape index (κ3) is 5.43. The van der Waals surface area contributed by atoms with Gasteiger partial charge in [-0.1, -0.05) is 6.07 Å². The van der Waals surface area contributed by atoms with Crippen LogP contribution in [-0.2, 0) is 17.8 Å². The predicted octanol–water partition coefficient (Wildman–Crippen LogP) is 3.09. The Kier molecular flexibility index (Phi) is 7.79. The SMILES string of the molecule is CCOC(=O)N1CCN(Cc2ccn(Cc3c(I)cccc3I)c(=O)c2O)CC1. The molecule has 29 heavy (non-hydrogen) atoms. The minimum atomic E-state index is -0.386. The van der Waals surface area contributed by atoms with Crippen molar-refractivity contribution in [1.29, 1.82) is 0 Å². The standard InChI is InChI=1S/C20H23I2N3O4/c1-2-29-20(28)24-10-8-23(9-11-24)12-14-6-7-25(19(27)18(14)26)13-15-16(21)4-3-5-17(15)22/h3-7,26H,2,8-13H2,1H3. The number of benzene rings is 1. The zero-order valence-corrected chi connectivity index (χ0v) is 20.4. The van der Waals surface area contributed by atoms with Crippen molar-refractivity contribution in [1.82, 2.24) is 14.4 Å². The molecule has 0 bridgehead atoms. The molecule has 3 rings (SSSR count). The van der Waals surface area contributed by atoms with Crippen LogP contribution in [0.4, 0.5) is 4.79 Å². The Balaban J connectivity index is 1.68. The van der Waals surface area contributed by atoms with Gasteiger partial charge in [-0.05, 0) is 75.9 Å². The summed E-state index contributed by atoms with van der Waals surface area (Å²) in [6.45, 7) is 5.52. The number of aromatic hydroxyl groups is 1. The maximum absolute atomic E-state index is 12.7. The van der Waals surface area contributed by atoms with Crippen LogP contribution in [0.1, 0.15) is 18.1 Å². The van der Waals surface area contributed by atoms with Crippen molar-refractivity contribution in [3.05, 3.63) is 59.1 Å². The molecule has 1 aromatic carbocycles. The Morgan fingerprint density at radius 2 is 1.76 bits per heavy atom. The molecule has 0 aliphatic carbocycles. The van der Waals surface area contributed by atoms with Crippen LogP contribution < -0.4 is 5.56 Å². The molecule has 1 N–H and O–H groups in total. The van der Waals surface area contributed by atoms with Crippen molar-refractivity contribution in [2.75, 3.05) is 32.8 Å². The minimum absolute atomic E-state index is 0.207. The summed E-state index contributed by atoms with van der Waals surface area (Å²) >= 11 is 4.52. The topological polar surface area (TPSA) is 75.0 Å². The number of carbonyl (C=O) groups excluding carboxylic acids is 1. The van der Waals surface area contributed by atoms with Gasteiger partial charge >= 0.3 is 6.09 Å². The molecule has 1 amide bonds. The predicted molar refractivity (Wildman–Crippen MR) is 127 cm³/mol. The highest BCUT2D eigenvalue weighted by molar-refractivity contribution is 14.1. The number of rotatable bonds is 5. The Hall–Kier alpha value is -1.34. The van der Waals surface area contributed by atoms with Crippen LogP contribution >= 0.6 is 45.2 Å². The van der Waals surface area contributed by atoms with Gasteiger partial charge in [-0.25, -0.2) is 4.79 Å². The number of carbonyl (C=O) groups is 1. The lowest BCUT2D eigenvalue weighted by Gasteiger charge is -2.34. The van der Waals surface area contributed by atoms with Gasteiger partial charge in [0.1, 0.15) is 0 Å². The molecule has 0 radical (unpaired) electrons. The molecule has 2 aromatic rings. The zero-order valence-electron chi connectivity index (χ0n) is 16.1. The van der Waals surface area contributed by atoms with Crippen LogP contribution in [-0.4, -0.2) is 58.4 Å². The summed E-state index contributed by atoms with van der Waals surface area (Å²) in [4.78, 5) is 28.3. The highest BCUT2D eigenvalue weighted by Crippen LogP contribution is 2.21. The molecular formula is C20H23I2N3O4. The fraction of sp³-hybridized carbons (Fsp3) is 0.400. The van der Waals surface area contributed by atoms with Crippen LogP contribution in [0, 0.1) is 7.14 Å². The molecule has 1 fully saturated rings. The summed E-state index contributed by atoms with van der Waals surface area (Å²) in [5.41, 5.74) is 1.29. The number of hydrogen-bond acceptors (Lipinski definition) is 5. The number of halogens is 2. The largest absolute Gasteiger partial charge is 0.503 e. The van der Waals surface area contributed by atoms with Crippen molar-refractivity contribution in [2.45, 2.75) is 20.0 Å². The third-order valence-corrected chi connectivity index (χ3v) is 6.93. The quantitative estimate of drug-likeness (QED) is 0.519. The van der Waals surface area contributed by atoms with E-state index in [0.717, 1.165) is 12.7 Å². The molecule has 7 nitrogen and oxygen atoms in total. The average Bonchev–Trinajstić information content (AvgIpc) is 2.70. The summed E-state index contributed by atoms with van der Waals surface area (Å²) < 4.78 is 8.75. The summed E-state index contributed by atoms with van der Waals surface area (Å²) in [6, 6.07) is 7.80. The first-order chi connectivity index (χ1) is 13.9. The molecule has 1 saturated heterocycles. The van der Waals surface area contributed by atoms with E-state index < -0.39 is 0 Å². The van der Waals surface area contributed by atoms with Gasteiger partial charge in [0.15, 0.2) is 5.75 Å². The number of ether oxygens (including phenoxy) is 1. The molecule has 156 valence electrons. The van der Waals surface area contributed by atoms with E-state index >= 15 is 0 Å². The molecule has 1 aliphatic heterocycles. The molecule has 0 unspecified atom stereocenters. The Bertz CT molecular complexity index is 920. The third-order valence-electron chi connectivity index (χ3n) is 4.91. The van der Waals surface area contributed by atoms with Gasteiger partial charge in [-0.15, -0.1) is 0 Å². The van der Waals surface area contributed by atoms with Gasteiger partial charge in [0.25, 0.3) is 5.56 Å². The minimum Gasteiger partial charge on any atom is -0.503 e. The molecule has 0 spiro atoms. The second-order valence-corrected chi connectivity index (χ2v) is 9.11. The van der Waals surface area contributed by atoms with E-state index in [1.54, 1.807) is 24.1 Å². The first kappa shape index (κ1) is 22.3. The molecule has 1 aliphatic rings. The van der Waals surface area contributed by atoms with Gasteiger partial charge < -0.3 is 19.3 Å². The van der Waals surface area contributed by atoms with Crippen LogP contribution in [0.3, 0.4) is 0 Å². The highest BCUT2D eigenvalue weighted by atomic mass is 127. The van der Waals surface area contributed by atoms with Crippen molar-refractivity contribution in [2.24, 2.45) is 0 Å². The van der Waals surface area contributed by atoms with Crippen molar-refractivity contribution >= 4 is 51.3 Å². The first-order valence-corrected chi connectivity index (χ1v) is 11.5. The summed E-state index contributed by atoms with van der Waals surface area (Å²) in [5, 5.41) is 10.5. The van der Waals surface area contributed by atoms with Crippen LogP contribution in [0.25, 0.3) is 0 Å². The smallest absolute Gasteiger partial charge is 0.409 e. The van der Waals surface area contributed by atoms with E-state index in [1.165, 1.54) is 4.57 Å². The lowest BCUT2D eigenvalue weighted by atomic mass is 10.2. The van der Waals surface area contributed by atoms with Crippen molar-refractivity contribution < 1.29 is 14.6 Å². The van der Waals surface area contributed by atoms with Gasteiger partial charge in [-0.3, -0.25) is 9.69 Å². The van der Waals surface area contributed by atoms with E-state index in [2.05, 4.69) is 50.1 Å². The maximum atomic E-state index is 12.7. The Labute approximate surface area is 196 Å². The van der Waals surface area contributed by atoms with Crippen LogP contribution in [0.2, 0.25) is 0 Å². The second kappa shape index (κ2) is 10.1. The average molecular weight is 623 g/mol. The van der Waals surface area contributed by atoms with Gasteiger partial charge in [0, 0.05) is 51.6 Å². The number of piperazine rings is 1. The second-order valence-electron chi connectivity index (χ2n) is 6.78. The van der Waals surface area contributed by atoms with E-state index in [-0.39, 0.29) is 17.4 Å². The van der Waals surface area contributed by atoms with E-state index in [9.17, 15) is 14.7 Å². The lowest BCUT2D eigenvalue weighted by Crippen LogP contribution is -2.48. The van der Waals surface area contributed by atoms with E-state index in [4.69, 9.17) is 4.74 Å². The highest BCUT2D eigenvalue weighted by Gasteiger charge is 2.23. The molecule has 2 heterocycles. The van der Waals surface area contributed by atoms with Gasteiger partial charge in [0.05, 0.1) is 13.2 Å². The monoisotopic (exact) mass is 623 g/mol. The van der Waals surface area contributed by atoms with Crippen LogP contribution in [0.5, 0.6) is 5.75 Å². The van der Waals surface area contributed by atoms with Crippen LogP contribution in [0.15, 0.2) is 35.3 Å². The summed E-state index contributed by atoms with van der Waals surface area (Å²) in [7, 11) is 0. The molecule has 1 aromatic heterocycles. The fourth-order valence-corrected chi connectivity index (χ4v) is 5.10. The number of nitrogens with zero attached hydrogens (tertiary/aromatic N) is 3. The van der Waals surface area contributed by atoms with Crippen molar-refractivity contribution in [3.63, 3.8) is 0 Å². The van der Waals surface area contributed by atoms with Gasteiger partial charge in [0.2, 0.25) is 0 Å². The molecule has 0 saturated carbocycles. The molecular weight excluding hydrogens is 600 g/mol. The summed E-state index contributed by atoms with van der Waals surface area (Å²) in [6.07, 6.45) is 1.45. The molecule has 0 atom stereocenters. The van der Waals surface area contributed by atoms with E-state index in [1.807, 2.05) is 18.2 Å². The first-order valence-electron chi connectivity index (χ1n) is 9.39. The molecule has 9 heteroatoms. The number of hydrogen-bond donors (Lipinski definition) is 1. The zero-order chi connectivity index (χ0) is 21.0. The van der Waals surface area contributed by atoms with Gasteiger partial charge in [-0.2, -0.15) is 0 Å². The lowest BCUT2D eigenvalue weighted by molar-refractivity contribution is 0.0776. The maximum Gasteiger partial charge on any atom is 0.409 e. The van der Waals surface area contributed by atoms with Crippen molar-refractivity contribution in [3.8, 4) is 5.75 Å².